The fraction of sp³-hybridized carbons (Fsp3) is 0.364. The molecule has 1 atom stereocenters. The Hall–Kier alpha value is -3.18. The molecule has 0 radical (unpaired) electrons. The summed E-state index contributed by atoms with van der Waals surface area (Å²) >= 11 is 6.02. The molecule has 1 unspecified atom stereocenters. The van der Waals surface area contributed by atoms with Crippen LogP contribution in [0.3, 0.4) is 0 Å². The Morgan fingerprint density at radius 3 is 2.47 bits per heavy atom. The molecule has 12 heteroatoms. The van der Waals surface area contributed by atoms with Crippen LogP contribution in [-0.4, -0.2) is 53.3 Å². The van der Waals surface area contributed by atoms with Gasteiger partial charge in [-0.25, -0.2) is 17.9 Å². The summed E-state index contributed by atoms with van der Waals surface area (Å²) in [5.74, 6) is 0.399. The zero-order chi connectivity index (χ0) is 25.0. The first-order valence-electron chi connectivity index (χ1n) is 10.4. The molecule has 1 aliphatic rings. The minimum Gasteiger partial charge on any atom is -0.496 e. The van der Waals surface area contributed by atoms with E-state index in [1.807, 2.05) is 4.72 Å². The molecule has 10 nitrogen and oxygen atoms in total. The van der Waals surface area contributed by atoms with Gasteiger partial charge in [0.1, 0.15) is 28.8 Å². The van der Waals surface area contributed by atoms with Crippen LogP contribution in [-0.2, 0) is 16.4 Å². The molecule has 3 rings (SSSR count). The van der Waals surface area contributed by atoms with E-state index in [1.54, 1.807) is 26.0 Å². The molecule has 34 heavy (non-hydrogen) atoms. The number of nitrogens with one attached hydrogen (secondary N) is 3. The Morgan fingerprint density at radius 2 is 1.82 bits per heavy atom. The topological polar surface area (TPSA) is 132 Å². The summed E-state index contributed by atoms with van der Waals surface area (Å²) in [6.45, 7) is 3.57. The number of carbonyl (C=O) groups excluding carboxylic acids is 2. The Morgan fingerprint density at radius 1 is 1.12 bits per heavy atom. The van der Waals surface area contributed by atoms with Crippen LogP contribution in [0.1, 0.15) is 29.8 Å². The minimum atomic E-state index is -4.24. The molecule has 1 aliphatic heterocycles. The van der Waals surface area contributed by atoms with Gasteiger partial charge in [-0.3, -0.25) is 4.79 Å². The molecule has 0 spiro atoms. The third-order valence-corrected chi connectivity index (χ3v) is 6.52. The first-order chi connectivity index (χ1) is 16.0. The molecule has 0 saturated heterocycles. The maximum Gasteiger partial charge on any atom is 0.328 e. The van der Waals surface area contributed by atoms with Crippen molar-refractivity contribution < 1.29 is 32.2 Å². The van der Waals surface area contributed by atoms with E-state index in [0.717, 1.165) is 0 Å². The van der Waals surface area contributed by atoms with E-state index in [1.165, 1.54) is 32.4 Å². The van der Waals surface area contributed by atoms with E-state index in [-0.39, 0.29) is 35.3 Å². The summed E-state index contributed by atoms with van der Waals surface area (Å²) in [6.07, 6.45) is 0.286. The number of benzene rings is 2. The first kappa shape index (κ1) is 25.4. The third kappa shape index (κ3) is 5.84. The molecule has 0 saturated carbocycles. The number of halogens is 1. The molecular weight excluding hydrogens is 486 g/mol. The van der Waals surface area contributed by atoms with E-state index in [2.05, 4.69) is 10.6 Å². The van der Waals surface area contributed by atoms with Gasteiger partial charge in [-0.15, -0.1) is 0 Å². The van der Waals surface area contributed by atoms with Gasteiger partial charge in [0.15, 0.2) is 0 Å². The van der Waals surface area contributed by atoms with Gasteiger partial charge in [0.2, 0.25) is 0 Å². The Balaban J connectivity index is 1.83. The monoisotopic (exact) mass is 511 g/mol. The van der Waals surface area contributed by atoms with Gasteiger partial charge in [0, 0.05) is 17.1 Å². The molecule has 0 aromatic heterocycles. The molecule has 3 N–H and O–H groups in total. The van der Waals surface area contributed by atoms with Crippen molar-refractivity contribution >= 4 is 33.6 Å². The lowest BCUT2D eigenvalue weighted by molar-refractivity contribution is 0.0912. The second-order valence-corrected chi connectivity index (χ2v) is 9.96. The van der Waals surface area contributed by atoms with Gasteiger partial charge in [-0.1, -0.05) is 11.6 Å². The Labute approximate surface area is 203 Å². The van der Waals surface area contributed by atoms with E-state index < -0.39 is 28.0 Å². The number of fused-ring (bicyclic) bond motifs is 1. The highest BCUT2D eigenvalue weighted by Gasteiger charge is 2.29. The van der Waals surface area contributed by atoms with Gasteiger partial charge in [0.05, 0.1) is 25.8 Å². The second kappa shape index (κ2) is 10.4. The average Bonchev–Trinajstić information content (AvgIpc) is 2.77. The van der Waals surface area contributed by atoms with Gasteiger partial charge in [-0.05, 0) is 50.1 Å². The molecule has 0 bridgehead atoms. The van der Waals surface area contributed by atoms with Crippen molar-refractivity contribution in [2.45, 2.75) is 37.2 Å². The molecular formula is C22H26ClN3O7S. The van der Waals surface area contributed by atoms with Crippen molar-refractivity contribution in [2.75, 3.05) is 20.8 Å². The highest BCUT2D eigenvalue weighted by atomic mass is 35.5. The second-order valence-electron chi connectivity index (χ2n) is 7.87. The lowest BCUT2D eigenvalue weighted by atomic mass is 10.0. The van der Waals surface area contributed by atoms with Crippen LogP contribution >= 0.6 is 11.6 Å². The number of amides is 3. The summed E-state index contributed by atoms with van der Waals surface area (Å²) in [7, 11) is -1.47. The lowest BCUT2D eigenvalue weighted by Gasteiger charge is -2.27. The molecule has 2 aromatic rings. The predicted molar refractivity (Wildman–Crippen MR) is 125 cm³/mol. The summed E-state index contributed by atoms with van der Waals surface area (Å²) in [5, 5.41) is 5.70. The van der Waals surface area contributed by atoms with E-state index >= 15 is 0 Å². The Bertz CT molecular complexity index is 1200. The fourth-order valence-electron chi connectivity index (χ4n) is 3.44. The zero-order valence-corrected chi connectivity index (χ0v) is 20.7. The molecule has 0 fully saturated rings. The minimum absolute atomic E-state index is 0.0229. The van der Waals surface area contributed by atoms with Gasteiger partial charge < -0.3 is 24.8 Å². The predicted octanol–water partition coefficient (Wildman–Crippen LogP) is 2.49. The third-order valence-electron chi connectivity index (χ3n) is 4.93. The number of carbonyl (C=O) groups is 2. The SMILES string of the molecule is COc1ccc(Cl)cc1C(=O)NC1COc2cc(OC)c(S(=O)(=O)NC(=O)NC(C)C)cc2C1. The van der Waals surface area contributed by atoms with E-state index in [0.29, 0.717) is 22.1 Å². The number of rotatable bonds is 7. The lowest BCUT2D eigenvalue weighted by Crippen LogP contribution is -2.43. The van der Waals surface area contributed by atoms with Crippen LogP contribution in [0.2, 0.25) is 5.02 Å². The Kier molecular flexibility index (Phi) is 7.78. The highest BCUT2D eigenvalue weighted by Crippen LogP contribution is 2.35. The molecule has 2 aromatic carbocycles. The van der Waals surface area contributed by atoms with Crippen LogP contribution in [0, 0.1) is 0 Å². The van der Waals surface area contributed by atoms with Crippen LogP contribution in [0.25, 0.3) is 0 Å². The number of sulfonamides is 1. The van der Waals surface area contributed by atoms with Crippen molar-refractivity contribution in [1.29, 1.82) is 0 Å². The summed E-state index contributed by atoms with van der Waals surface area (Å²) < 4.78 is 43.9. The van der Waals surface area contributed by atoms with Gasteiger partial charge >= 0.3 is 6.03 Å². The number of ether oxygens (including phenoxy) is 3. The van der Waals surface area contributed by atoms with Gasteiger partial charge in [-0.2, -0.15) is 0 Å². The van der Waals surface area contributed by atoms with Crippen LogP contribution in [0.15, 0.2) is 35.2 Å². The number of urea groups is 1. The number of hydrogen-bond donors (Lipinski definition) is 3. The quantitative estimate of drug-likeness (QED) is 0.520. The van der Waals surface area contributed by atoms with E-state index in [9.17, 15) is 18.0 Å². The standard InChI is InChI=1S/C22H26ClN3O7S/c1-12(2)24-22(28)26-34(29,30)20-8-13-7-15(11-33-18(13)10-19(20)32-4)25-21(27)16-9-14(23)5-6-17(16)31-3/h5-6,8-10,12,15H,7,11H2,1-4H3,(H,25,27)(H2,24,26,28). The molecule has 1 heterocycles. The smallest absolute Gasteiger partial charge is 0.328 e. The molecule has 3 amide bonds. The number of methoxy groups -OCH3 is 2. The zero-order valence-electron chi connectivity index (χ0n) is 19.1. The van der Waals surface area contributed by atoms with Crippen LogP contribution < -0.4 is 29.6 Å². The van der Waals surface area contributed by atoms with Crippen molar-refractivity contribution in [2.24, 2.45) is 0 Å². The van der Waals surface area contributed by atoms with E-state index in [4.69, 9.17) is 25.8 Å². The van der Waals surface area contributed by atoms with Crippen molar-refractivity contribution in [1.82, 2.24) is 15.4 Å². The van der Waals surface area contributed by atoms with Crippen LogP contribution in [0.4, 0.5) is 4.79 Å². The van der Waals surface area contributed by atoms with Crippen molar-refractivity contribution in [3.05, 3.63) is 46.5 Å². The summed E-state index contributed by atoms with van der Waals surface area (Å²) in [4.78, 5) is 24.6. The number of hydrogen-bond acceptors (Lipinski definition) is 7. The summed E-state index contributed by atoms with van der Waals surface area (Å²) in [5.41, 5.74) is 0.791. The van der Waals surface area contributed by atoms with Gasteiger partial charge in [0.25, 0.3) is 15.9 Å². The van der Waals surface area contributed by atoms with Crippen molar-refractivity contribution in [3.63, 3.8) is 0 Å². The molecule has 184 valence electrons. The van der Waals surface area contributed by atoms with Crippen molar-refractivity contribution in [3.8, 4) is 17.2 Å². The van der Waals surface area contributed by atoms with Crippen LogP contribution in [0.5, 0.6) is 17.2 Å². The molecule has 0 aliphatic carbocycles. The maximum absolute atomic E-state index is 12.8. The normalized spacial score (nSPS) is 15.1. The first-order valence-corrected chi connectivity index (χ1v) is 12.2. The summed E-state index contributed by atoms with van der Waals surface area (Å²) in [6, 6.07) is 5.96. The average molecular weight is 512 g/mol. The fourth-order valence-corrected chi connectivity index (χ4v) is 4.73. The maximum atomic E-state index is 12.8. The largest absolute Gasteiger partial charge is 0.496 e. The highest BCUT2D eigenvalue weighted by molar-refractivity contribution is 7.90.